The van der Waals surface area contributed by atoms with Gasteiger partial charge in [0.05, 0.1) is 249 Å². The van der Waals surface area contributed by atoms with Crippen molar-refractivity contribution in [1.29, 1.82) is 0 Å². The number of hydrogen-bond acceptors (Lipinski definition) is 30. The molecule has 6 aromatic carbocycles. The van der Waals surface area contributed by atoms with E-state index in [9.17, 15) is 115 Å². The zero-order valence-corrected chi connectivity index (χ0v) is 73.9. The molecule has 0 bridgehead atoms. The van der Waals surface area contributed by atoms with E-state index in [4.69, 9.17) is 28.4 Å². The fourth-order valence-corrected chi connectivity index (χ4v) is 18.8. The van der Waals surface area contributed by atoms with Crippen LogP contribution in [0.15, 0.2) is 194 Å². The summed E-state index contributed by atoms with van der Waals surface area (Å²) in [7, 11) is 3.82. The Bertz CT molecular complexity index is 8940. The lowest BCUT2D eigenvalue weighted by Crippen LogP contribution is -2.34. The van der Waals surface area contributed by atoms with Gasteiger partial charge in [-0.15, -0.1) is 0 Å². The van der Waals surface area contributed by atoms with Crippen LogP contribution < -0.4 is 133 Å². The zero-order valence-electron chi connectivity index (χ0n) is 73.9. The number of nitrogens with zero attached hydrogens (tertiary/aromatic N) is 12. The van der Waals surface area contributed by atoms with Crippen LogP contribution in [0, 0.1) is 0 Å². The maximum absolute atomic E-state index is 14.4. The average molecular weight is 1840 g/mol. The molecule has 690 valence electrons. The summed E-state index contributed by atoms with van der Waals surface area (Å²) in [5, 5.41) is -3.46. The van der Waals surface area contributed by atoms with Crippen LogP contribution in [0.25, 0.3) is 135 Å². The fourth-order valence-electron chi connectivity index (χ4n) is 18.8. The minimum Gasteiger partial charge on any atom is -0.491 e. The van der Waals surface area contributed by atoms with E-state index in [1.54, 1.807) is 0 Å². The second-order valence-electron chi connectivity index (χ2n) is 35.0. The van der Waals surface area contributed by atoms with Gasteiger partial charge in [0.25, 0.3) is 133 Å². The normalized spacial score (nSPS) is 14.7. The molecule has 42 nitrogen and oxygen atoms in total. The van der Waals surface area contributed by atoms with E-state index in [2.05, 4.69) is 0 Å². The van der Waals surface area contributed by atoms with Crippen LogP contribution >= 0.6 is 0 Å². The minimum absolute atomic E-state index is 0.0275. The van der Waals surface area contributed by atoms with Gasteiger partial charge in [-0.25, -0.2) is 4.57 Å². The summed E-state index contributed by atoms with van der Waals surface area (Å²) in [5.74, 6) is 0. The van der Waals surface area contributed by atoms with Crippen LogP contribution in [0.4, 0.5) is 0 Å². The first-order chi connectivity index (χ1) is 64.0. The van der Waals surface area contributed by atoms with Crippen LogP contribution in [0.1, 0.15) is 111 Å². The van der Waals surface area contributed by atoms with Gasteiger partial charge in [0.2, 0.25) is 0 Å². The Morgan fingerprint density at radius 2 is 0.319 bits per heavy atom. The van der Waals surface area contributed by atoms with Gasteiger partial charge in [0.1, 0.15) is 12.4 Å². The maximum Gasteiger partial charge on any atom is 0.266 e. The van der Waals surface area contributed by atoms with Crippen molar-refractivity contribution in [3.63, 3.8) is 0 Å². The summed E-state index contributed by atoms with van der Waals surface area (Å²) in [6.45, 7) is 9.56. The Balaban J connectivity index is 0.572. The Kier molecular flexibility index (Phi) is 21.8. The number of ether oxygens (including phenoxy) is 6. The first-order valence-electron chi connectivity index (χ1n) is 42.7. The molecule has 0 amide bonds. The number of rotatable bonds is 31. The highest BCUT2D eigenvalue weighted by atomic mass is 16.6. The molecule has 0 N–H and O–H groups in total. The molecule has 42 heteroatoms. The lowest BCUT2D eigenvalue weighted by Gasteiger charge is -2.20. The Hall–Kier alpha value is -15.7. The van der Waals surface area contributed by atoms with Crippen LogP contribution in [0.5, 0.6) is 0 Å². The molecule has 0 saturated heterocycles. The van der Waals surface area contributed by atoms with Gasteiger partial charge < -0.3 is 28.4 Å². The van der Waals surface area contributed by atoms with Crippen molar-refractivity contribution in [1.82, 2.24) is 54.8 Å². The highest BCUT2D eigenvalue weighted by molar-refractivity contribution is 6.03. The summed E-state index contributed by atoms with van der Waals surface area (Å²) < 4.78 is 46.4. The number of fused-ring (bicyclic) bond motifs is 12. The van der Waals surface area contributed by atoms with E-state index in [-0.39, 0.29) is 175 Å². The van der Waals surface area contributed by atoms with E-state index in [1.165, 1.54) is 120 Å². The van der Waals surface area contributed by atoms with Gasteiger partial charge in [-0.2, -0.15) is 0 Å². The van der Waals surface area contributed by atoms with Crippen molar-refractivity contribution in [2.24, 2.45) is 21.1 Å². The molecular formula is C93H78N12O30. The molecule has 0 spiro atoms. The molecule has 8 atom stereocenters. The molecule has 0 fully saturated rings. The predicted octanol–water partition coefficient (Wildman–Crippen LogP) is -1.07. The molecule has 135 heavy (non-hydrogen) atoms. The standard InChI is InChI=1S/C93H78N12O30/c1-36(97-76(112)52-13-46-47(14-53(52)77(97)113)71(107)94(10)70(46)106)25-130-28-39(4)100-82(118)58-19-62-63(20-59(58)83(100)119)89(125)103(88(62)124)42(7)31-133-34-45(135-33-44(9)105-92(128)68-23-66-67(24-69(68)93(105)129)87(123)102(86(66)122)41(6)30-132-27-38(3)99-80(116)56-17-50-51(18-57(56)81(99)117)75(111)96(12)74(50)110)35-134-32-43(8)104-90(126)64-21-60-61(22-65(64)91(104)127)85(121)101(84(60)120)40(5)29-131-26-37(2)98-78(114)54-15-48-49(16-55(54)79(98)115)73(109)95(11)72(48)108/h13-24,33,36-43,45H,25-32,34-35H2,1-12H3. The third kappa shape index (κ3) is 13.6. The van der Waals surface area contributed by atoms with Crippen LogP contribution in [0.2, 0.25) is 0 Å². The van der Waals surface area contributed by atoms with Crippen molar-refractivity contribution in [2.75, 3.05) is 66.1 Å². The molecule has 12 heterocycles. The van der Waals surface area contributed by atoms with Crippen molar-refractivity contribution in [3.8, 4) is 0 Å². The van der Waals surface area contributed by atoms with Crippen molar-refractivity contribution < 1.29 is 28.4 Å². The van der Waals surface area contributed by atoms with Crippen molar-refractivity contribution in [3.05, 3.63) is 328 Å². The van der Waals surface area contributed by atoms with Crippen LogP contribution in [0.3, 0.4) is 0 Å². The quantitative estimate of drug-likeness (QED) is 0.0467. The Morgan fingerprint density at radius 3 is 0.459 bits per heavy atom. The summed E-state index contributed by atoms with van der Waals surface area (Å²) in [6.07, 6.45) is -0.286. The molecule has 18 rings (SSSR count). The SMILES string of the molecule is CC(=COC(COCC(C)n1c(=O)c2cc3c(=O)n(C(C)COCC(C)n4c(=O)c5cc6c(=O)n(C)c(=O)c6cc5c4=O)c(=O)c3cc2c1=O)COCC(C)n1c(=O)c2cc3c(=O)n(C(C)COCC(C)n4c(=O)c5cc6c(=O)n(C)c(=O)c6cc5c4=O)c(=O)c3cc2c1=O)n1c(=O)c2cc3c(=O)n(C(C)COCC(C)n4c(=O)c5cc6c(=O)n(C)c(=O)c6cc5c4=O)c(=O)c3cc2c1=O. The van der Waals surface area contributed by atoms with E-state index in [1.807, 2.05) is 0 Å². The minimum atomic E-state index is -1.28. The maximum atomic E-state index is 14.4. The third-order valence-corrected chi connectivity index (χ3v) is 26.0. The van der Waals surface area contributed by atoms with Gasteiger partial charge in [0, 0.05) is 21.1 Å². The third-order valence-electron chi connectivity index (χ3n) is 26.0. The van der Waals surface area contributed by atoms with Crippen molar-refractivity contribution >= 4 is 135 Å². The first kappa shape index (κ1) is 89.9. The number of hydrogen-bond donors (Lipinski definition) is 0. The molecule has 18 aromatic rings. The highest BCUT2D eigenvalue weighted by Gasteiger charge is 2.33. The van der Waals surface area contributed by atoms with Crippen LogP contribution in [-0.4, -0.2) is 127 Å². The molecule has 0 saturated carbocycles. The molecule has 12 aromatic heterocycles. The summed E-state index contributed by atoms with van der Waals surface area (Å²) >= 11 is 0. The van der Waals surface area contributed by atoms with E-state index in [0.717, 1.165) is 92.9 Å². The van der Waals surface area contributed by atoms with E-state index >= 15 is 0 Å². The van der Waals surface area contributed by atoms with Gasteiger partial charge in [-0.3, -0.25) is 165 Å². The van der Waals surface area contributed by atoms with Gasteiger partial charge in [-0.1, -0.05) is 0 Å². The predicted molar refractivity (Wildman–Crippen MR) is 499 cm³/mol. The monoisotopic (exact) mass is 1840 g/mol. The largest absolute Gasteiger partial charge is 0.491 e. The zero-order chi connectivity index (χ0) is 96.9. The van der Waals surface area contributed by atoms with E-state index < -0.39 is 214 Å². The Labute approximate surface area is 746 Å². The van der Waals surface area contributed by atoms with Crippen molar-refractivity contribution in [2.45, 2.75) is 117 Å². The lowest BCUT2D eigenvalue weighted by molar-refractivity contribution is -0.0354. The van der Waals surface area contributed by atoms with Gasteiger partial charge in [-0.05, 0) is 135 Å². The topological polar surface area (TPSA) is 524 Å². The fraction of sp³-hybridized carbons (Fsp3) is 0.333. The van der Waals surface area contributed by atoms with Gasteiger partial charge >= 0.3 is 0 Å². The molecular weight excluding hydrogens is 1770 g/mol. The lowest BCUT2D eigenvalue weighted by atomic mass is 10.1. The number of allylic oxidation sites excluding steroid dienone is 1. The molecule has 0 aliphatic carbocycles. The second-order valence-corrected chi connectivity index (χ2v) is 35.0. The molecule has 0 aliphatic heterocycles. The summed E-state index contributed by atoms with van der Waals surface area (Å²) in [5.41, 5.74) is -18.9. The van der Waals surface area contributed by atoms with Crippen LogP contribution in [-0.2, 0) is 49.6 Å². The summed E-state index contributed by atoms with van der Waals surface area (Å²) in [6, 6.07) is 5.95. The average Bonchev–Trinajstić information content (AvgIpc) is 2.41. The molecule has 0 radical (unpaired) electrons. The molecule has 0 aliphatic rings. The summed E-state index contributed by atoms with van der Waals surface area (Å²) in [4.78, 5) is 329. The molecule has 8 unspecified atom stereocenters. The smallest absolute Gasteiger partial charge is 0.266 e. The number of aromatic nitrogens is 12. The Morgan fingerprint density at radius 1 is 0.200 bits per heavy atom. The first-order valence-corrected chi connectivity index (χ1v) is 42.7. The van der Waals surface area contributed by atoms with E-state index in [0.29, 0.717) is 4.57 Å². The van der Waals surface area contributed by atoms with Gasteiger partial charge in [0.15, 0.2) is 0 Å². The number of benzene rings is 6. The second kappa shape index (κ2) is 32.7. The highest BCUT2D eigenvalue weighted by Crippen LogP contribution is 2.26.